The number of benzene rings is 1. The number of amides is 2. The van der Waals surface area contributed by atoms with Crippen LogP contribution in [0.25, 0.3) is 0 Å². The highest BCUT2D eigenvalue weighted by Gasteiger charge is 2.16. The van der Waals surface area contributed by atoms with Crippen molar-refractivity contribution in [1.29, 1.82) is 0 Å². The second kappa shape index (κ2) is 9.40. The van der Waals surface area contributed by atoms with Gasteiger partial charge in [-0.25, -0.2) is 0 Å². The minimum atomic E-state index is -0.123. The fraction of sp³-hybridized carbons (Fsp3) is 0.524. The number of hydrogen-bond acceptors (Lipinski definition) is 2. The van der Waals surface area contributed by atoms with Crippen LogP contribution in [0.15, 0.2) is 35.9 Å². The Morgan fingerprint density at radius 3 is 2.44 bits per heavy atom. The highest BCUT2D eigenvalue weighted by molar-refractivity contribution is 5.97. The van der Waals surface area contributed by atoms with E-state index in [4.69, 9.17) is 0 Å². The van der Waals surface area contributed by atoms with Crippen molar-refractivity contribution in [3.63, 3.8) is 0 Å². The summed E-state index contributed by atoms with van der Waals surface area (Å²) in [5.74, 6) is 0.208. The fourth-order valence-electron chi connectivity index (χ4n) is 3.12. The molecule has 4 nitrogen and oxygen atoms in total. The molecule has 1 aromatic carbocycles. The number of nitrogens with zero attached hydrogens (tertiary/aromatic N) is 1. The van der Waals surface area contributed by atoms with E-state index >= 15 is 0 Å². The zero-order valence-electron chi connectivity index (χ0n) is 15.7. The van der Waals surface area contributed by atoms with Gasteiger partial charge in [0, 0.05) is 19.2 Å². The second-order valence-corrected chi connectivity index (χ2v) is 7.06. The van der Waals surface area contributed by atoms with Crippen LogP contribution in [0, 0.1) is 0 Å². The van der Waals surface area contributed by atoms with Gasteiger partial charge in [0.1, 0.15) is 6.54 Å². The third kappa shape index (κ3) is 6.04. The van der Waals surface area contributed by atoms with E-state index in [0.717, 1.165) is 24.9 Å². The van der Waals surface area contributed by atoms with E-state index in [1.807, 2.05) is 24.3 Å². The van der Waals surface area contributed by atoms with Crippen LogP contribution in [0.1, 0.15) is 64.4 Å². The number of hydrogen-bond donors (Lipinski definition) is 1. The molecule has 0 saturated heterocycles. The van der Waals surface area contributed by atoms with Gasteiger partial charge in [0.25, 0.3) is 0 Å². The monoisotopic (exact) mass is 342 g/mol. The highest BCUT2D eigenvalue weighted by atomic mass is 16.2. The Bertz CT molecular complexity index is 617. The molecule has 0 spiro atoms. The van der Waals surface area contributed by atoms with Crippen LogP contribution < -0.4 is 10.2 Å². The number of carbonyl (C=O) groups excluding carboxylic acids is 2. The maximum atomic E-state index is 12.2. The lowest BCUT2D eigenvalue weighted by Gasteiger charge is -2.21. The van der Waals surface area contributed by atoms with Gasteiger partial charge in [0.2, 0.25) is 11.8 Å². The van der Waals surface area contributed by atoms with E-state index in [-0.39, 0.29) is 18.4 Å². The lowest BCUT2D eigenvalue weighted by Crippen LogP contribution is -2.40. The van der Waals surface area contributed by atoms with Crippen molar-refractivity contribution in [1.82, 2.24) is 5.32 Å². The molecule has 1 N–H and O–H groups in total. The zero-order chi connectivity index (χ0) is 18.2. The summed E-state index contributed by atoms with van der Waals surface area (Å²) in [4.78, 5) is 25.7. The number of carbonyl (C=O) groups is 2. The minimum absolute atomic E-state index is 0.0649. The zero-order valence-corrected chi connectivity index (χ0v) is 15.7. The summed E-state index contributed by atoms with van der Waals surface area (Å²) in [5, 5.41) is 2.94. The number of nitrogens with one attached hydrogen (secondary N) is 1. The van der Waals surface area contributed by atoms with Crippen molar-refractivity contribution in [2.75, 3.05) is 18.0 Å². The van der Waals surface area contributed by atoms with Crippen LogP contribution in [0.2, 0.25) is 0 Å². The molecule has 1 aliphatic rings. The number of rotatable bonds is 7. The van der Waals surface area contributed by atoms with Gasteiger partial charge < -0.3 is 10.2 Å². The quantitative estimate of drug-likeness (QED) is 0.756. The summed E-state index contributed by atoms with van der Waals surface area (Å²) in [7, 11) is 0. The van der Waals surface area contributed by atoms with E-state index in [0.29, 0.717) is 12.5 Å². The Morgan fingerprint density at radius 1 is 1.16 bits per heavy atom. The van der Waals surface area contributed by atoms with Gasteiger partial charge in [-0.1, -0.05) is 37.6 Å². The summed E-state index contributed by atoms with van der Waals surface area (Å²) >= 11 is 0. The van der Waals surface area contributed by atoms with Crippen molar-refractivity contribution in [2.24, 2.45) is 0 Å². The summed E-state index contributed by atoms with van der Waals surface area (Å²) in [6.45, 7) is 6.47. The molecule has 0 saturated carbocycles. The fourth-order valence-corrected chi connectivity index (χ4v) is 3.12. The molecule has 1 aromatic rings. The maximum Gasteiger partial charge on any atom is 0.240 e. The summed E-state index contributed by atoms with van der Waals surface area (Å²) in [5.41, 5.74) is 3.43. The molecule has 2 rings (SSSR count). The van der Waals surface area contributed by atoms with Crippen molar-refractivity contribution < 1.29 is 9.59 Å². The molecule has 0 fully saturated rings. The molecule has 1 aliphatic carbocycles. The molecule has 0 heterocycles. The van der Waals surface area contributed by atoms with Crippen molar-refractivity contribution in [2.45, 2.75) is 58.8 Å². The van der Waals surface area contributed by atoms with E-state index in [9.17, 15) is 9.59 Å². The first-order valence-corrected chi connectivity index (χ1v) is 9.30. The third-order valence-electron chi connectivity index (χ3n) is 4.71. The molecule has 0 bridgehead atoms. The van der Waals surface area contributed by atoms with Crippen molar-refractivity contribution in [3.05, 3.63) is 41.5 Å². The normalized spacial score (nSPS) is 14.2. The van der Waals surface area contributed by atoms with Crippen LogP contribution in [0.3, 0.4) is 0 Å². The first-order valence-electron chi connectivity index (χ1n) is 9.30. The molecule has 0 aromatic heterocycles. The van der Waals surface area contributed by atoms with Crippen LogP contribution >= 0.6 is 0 Å². The predicted octanol–water partition coefficient (Wildman–Crippen LogP) is 4.17. The van der Waals surface area contributed by atoms with Crippen LogP contribution in [-0.4, -0.2) is 24.9 Å². The summed E-state index contributed by atoms with van der Waals surface area (Å²) < 4.78 is 0. The molecule has 0 aliphatic heterocycles. The Balaban J connectivity index is 1.88. The molecule has 25 heavy (non-hydrogen) atoms. The van der Waals surface area contributed by atoms with Gasteiger partial charge in [-0.05, 0) is 55.7 Å². The lowest BCUT2D eigenvalue weighted by molar-refractivity contribution is -0.123. The van der Waals surface area contributed by atoms with Gasteiger partial charge in [0.05, 0.1) is 0 Å². The topological polar surface area (TPSA) is 49.4 Å². The molecule has 0 radical (unpaired) electrons. The van der Waals surface area contributed by atoms with Gasteiger partial charge in [0.15, 0.2) is 0 Å². The average Bonchev–Trinajstić information content (AvgIpc) is 2.60. The smallest absolute Gasteiger partial charge is 0.240 e. The SMILES string of the molecule is CC(=O)N(CC(=O)NCCC1=CCCCC1)c1ccc(C(C)C)cc1. The Hall–Kier alpha value is -2.10. The van der Waals surface area contributed by atoms with Crippen LogP contribution in [0.5, 0.6) is 0 Å². The van der Waals surface area contributed by atoms with Gasteiger partial charge >= 0.3 is 0 Å². The number of allylic oxidation sites excluding steroid dienone is 1. The third-order valence-corrected chi connectivity index (χ3v) is 4.71. The maximum absolute atomic E-state index is 12.2. The largest absolute Gasteiger partial charge is 0.354 e. The summed E-state index contributed by atoms with van der Waals surface area (Å²) in [6, 6.07) is 7.86. The second-order valence-electron chi connectivity index (χ2n) is 7.06. The average molecular weight is 342 g/mol. The Kier molecular flexibility index (Phi) is 7.23. The van der Waals surface area contributed by atoms with Gasteiger partial charge in [-0.15, -0.1) is 0 Å². The predicted molar refractivity (Wildman–Crippen MR) is 103 cm³/mol. The van der Waals surface area contributed by atoms with Crippen LogP contribution in [0.4, 0.5) is 5.69 Å². The molecular weight excluding hydrogens is 312 g/mol. The van der Waals surface area contributed by atoms with Gasteiger partial charge in [-0.3, -0.25) is 9.59 Å². The van der Waals surface area contributed by atoms with E-state index in [1.165, 1.54) is 35.8 Å². The minimum Gasteiger partial charge on any atom is -0.354 e. The molecular formula is C21H30N2O2. The molecule has 4 heteroatoms. The lowest BCUT2D eigenvalue weighted by atomic mass is 9.97. The number of anilines is 1. The Morgan fingerprint density at radius 2 is 1.88 bits per heavy atom. The van der Waals surface area contributed by atoms with E-state index < -0.39 is 0 Å². The highest BCUT2D eigenvalue weighted by Crippen LogP contribution is 2.21. The first-order chi connectivity index (χ1) is 12.0. The van der Waals surface area contributed by atoms with Crippen molar-refractivity contribution >= 4 is 17.5 Å². The van der Waals surface area contributed by atoms with E-state index in [1.54, 1.807) is 0 Å². The van der Waals surface area contributed by atoms with Crippen LogP contribution in [-0.2, 0) is 9.59 Å². The molecule has 2 amide bonds. The summed E-state index contributed by atoms with van der Waals surface area (Å²) in [6.07, 6.45) is 8.05. The standard InChI is InChI=1S/C21H30N2O2/c1-16(2)19-9-11-20(12-10-19)23(17(3)24)15-21(25)22-14-13-18-7-5-4-6-8-18/h7,9-12,16H,4-6,8,13-15H2,1-3H3,(H,22,25). The van der Waals surface area contributed by atoms with Gasteiger partial charge in [-0.2, -0.15) is 0 Å². The molecule has 0 unspecified atom stereocenters. The Labute approximate surface area is 151 Å². The molecule has 0 atom stereocenters. The molecule has 136 valence electrons. The first kappa shape index (κ1) is 19.2. The van der Waals surface area contributed by atoms with Crippen molar-refractivity contribution in [3.8, 4) is 0 Å². The van der Waals surface area contributed by atoms with E-state index in [2.05, 4.69) is 25.2 Å².